The number of hydrogen-bond donors (Lipinski definition) is 1. The molecule has 1 aromatic carbocycles. The molecule has 2 fully saturated rings. The summed E-state index contributed by atoms with van der Waals surface area (Å²) >= 11 is 0. The Bertz CT molecular complexity index is 715. The Morgan fingerprint density at radius 1 is 1.00 bits per heavy atom. The van der Waals surface area contributed by atoms with Gasteiger partial charge in [0.15, 0.2) is 0 Å². The summed E-state index contributed by atoms with van der Waals surface area (Å²) in [4.78, 5) is 30.7. The molecule has 1 N–H and O–H groups in total. The third-order valence-corrected chi connectivity index (χ3v) is 5.58. The van der Waals surface area contributed by atoms with Crippen LogP contribution in [0.25, 0.3) is 0 Å². The number of benzene rings is 1. The molecule has 0 unspecified atom stereocenters. The Labute approximate surface area is 173 Å². The lowest BCUT2D eigenvalue weighted by Crippen LogP contribution is -2.49. The maximum Gasteiger partial charge on any atom is 0.410 e. The second-order valence-corrected chi connectivity index (χ2v) is 8.97. The molecule has 0 aliphatic carbocycles. The van der Waals surface area contributed by atoms with Crippen molar-refractivity contribution in [3.8, 4) is 5.75 Å². The smallest absolute Gasteiger partial charge is 0.410 e. The minimum Gasteiger partial charge on any atom is -0.506 e. The van der Waals surface area contributed by atoms with E-state index in [-0.39, 0.29) is 17.7 Å². The van der Waals surface area contributed by atoms with Crippen molar-refractivity contribution in [3.05, 3.63) is 24.3 Å². The molecular formula is C22H33N3O4. The Balaban J connectivity index is 1.42. The number of phenols is 1. The van der Waals surface area contributed by atoms with Gasteiger partial charge in [0.25, 0.3) is 0 Å². The van der Waals surface area contributed by atoms with Crippen LogP contribution >= 0.6 is 0 Å². The van der Waals surface area contributed by atoms with E-state index in [0.717, 1.165) is 31.6 Å². The van der Waals surface area contributed by atoms with Crippen molar-refractivity contribution >= 4 is 17.7 Å². The molecule has 2 aliphatic heterocycles. The Morgan fingerprint density at radius 3 is 2.21 bits per heavy atom. The van der Waals surface area contributed by atoms with E-state index in [1.807, 2.05) is 43.9 Å². The molecule has 0 saturated carbocycles. The molecule has 7 nitrogen and oxygen atoms in total. The largest absolute Gasteiger partial charge is 0.506 e. The van der Waals surface area contributed by atoms with Crippen LogP contribution in [0.3, 0.4) is 0 Å². The predicted octanol–water partition coefficient (Wildman–Crippen LogP) is 3.08. The van der Waals surface area contributed by atoms with Gasteiger partial charge in [0.1, 0.15) is 11.4 Å². The Morgan fingerprint density at radius 2 is 1.62 bits per heavy atom. The maximum absolute atomic E-state index is 12.7. The molecule has 2 saturated heterocycles. The van der Waals surface area contributed by atoms with Gasteiger partial charge in [0.05, 0.1) is 5.69 Å². The van der Waals surface area contributed by atoms with Crippen LogP contribution in [0.15, 0.2) is 24.3 Å². The third kappa shape index (κ3) is 5.78. The fourth-order valence-corrected chi connectivity index (χ4v) is 3.95. The van der Waals surface area contributed by atoms with Gasteiger partial charge in [-0.1, -0.05) is 12.1 Å². The summed E-state index contributed by atoms with van der Waals surface area (Å²) in [5.74, 6) is 0.791. The van der Waals surface area contributed by atoms with Gasteiger partial charge in [-0.3, -0.25) is 4.79 Å². The number of rotatable bonds is 3. The highest BCUT2D eigenvalue weighted by Crippen LogP contribution is 2.28. The summed E-state index contributed by atoms with van der Waals surface area (Å²) in [7, 11) is 0. The summed E-state index contributed by atoms with van der Waals surface area (Å²) in [6.45, 7) is 9.69. The number of likely N-dealkylation sites (tertiary alicyclic amines) is 1. The summed E-state index contributed by atoms with van der Waals surface area (Å²) < 4.78 is 5.43. The number of para-hydroxylation sites is 2. The molecule has 29 heavy (non-hydrogen) atoms. The van der Waals surface area contributed by atoms with Gasteiger partial charge < -0.3 is 24.5 Å². The lowest BCUT2D eigenvalue weighted by Gasteiger charge is -2.38. The Kier molecular flexibility index (Phi) is 6.55. The number of piperidine rings is 1. The van der Waals surface area contributed by atoms with Crippen LogP contribution in [-0.4, -0.2) is 71.8 Å². The monoisotopic (exact) mass is 403 g/mol. The van der Waals surface area contributed by atoms with E-state index in [1.165, 1.54) is 0 Å². The summed E-state index contributed by atoms with van der Waals surface area (Å²) in [5, 5.41) is 10.0. The van der Waals surface area contributed by atoms with Gasteiger partial charge in [0.2, 0.25) is 5.91 Å². The average Bonchev–Trinajstić information content (AvgIpc) is 2.68. The molecule has 0 radical (unpaired) electrons. The fourth-order valence-electron chi connectivity index (χ4n) is 3.95. The van der Waals surface area contributed by atoms with Crippen LogP contribution in [0.5, 0.6) is 5.75 Å². The van der Waals surface area contributed by atoms with E-state index >= 15 is 0 Å². The molecular weight excluding hydrogens is 370 g/mol. The molecule has 2 aliphatic rings. The molecule has 1 aromatic rings. The number of aromatic hydroxyl groups is 1. The molecule has 0 spiro atoms. The van der Waals surface area contributed by atoms with Gasteiger partial charge >= 0.3 is 6.09 Å². The van der Waals surface area contributed by atoms with Gasteiger partial charge in [-0.2, -0.15) is 0 Å². The number of piperazine rings is 1. The highest BCUT2D eigenvalue weighted by molar-refractivity contribution is 5.77. The molecule has 2 heterocycles. The van der Waals surface area contributed by atoms with E-state index in [9.17, 15) is 14.7 Å². The molecule has 0 bridgehead atoms. The van der Waals surface area contributed by atoms with E-state index in [2.05, 4.69) is 4.90 Å². The van der Waals surface area contributed by atoms with E-state index < -0.39 is 5.60 Å². The zero-order chi connectivity index (χ0) is 21.0. The number of hydrogen-bond acceptors (Lipinski definition) is 5. The first-order valence-corrected chi connectivity index (χ1v) is 10.5. The lowest BCUT2D eigenvalue weighted by molar-refractivity contribution is -0.132. The van der Waals surface area contributed by atoms with Crippen molar-refractivity contribution < 1.29 is 19.4 Å². The summed E-state index contributed by atoms with van der Waals surface area (Å²) in [6.07, 6.45) is 1.95. The molecule has 0 atom stereocenters. The van der Waals surface area contributed by atoms with Crippen molar-refractivity contribution in [3.63, 3.8) is 0 Å². The average molecular weight is 404 g/mol. The van der Waals surface area contributed by atoms with E-state index in [1.54, 1.807) is 11.0 Å². The number of carbonyl (C=O) groups is 2. The normalized spacial score (nSPS) is 18.7. The first-order chi connectivity index (χ1) is 13.7. The molecule has 160 valence electrons. The predicted molar refractivity (Wildman–Crippen MR) is 112 cm³/mol. The first-order valence-electron chi connectivity index (χ1n) is 10.5. The SMILES string of the molecule is CC(C)(C)OC(=O)N1CCC(CC(=O)N2CCN(c3ccccc3O)CC2)CC1. The third-order valence-electron chi connectivity index (χ3n) is 5.58. The van der Waals surface area contributed by atoms with Crippen LogP contribution in [-0.2, 0) is 9.53 Å². The van der Waals surface area contributed by atoms with Crippen molar-refractivity contribution in [1.82, 2.24) is 9.80 Å². The van der Waals surface area contributed by atoms with Crippen molar-refractivity contribution in [1.29, 1.82) is 0 Å². The molecule has 3 rings (SSSR count). The number of carbonyl (C=O) groups excluding carboxylic acids is 2. The summed E-state index contributed by atoms with van der Waals surface area (Å²) in [5.41, 5.74) is 0.344. The zero-order valence-corrected chi connectivity index (χ0v) is 17.8. The van der Waals surface area contributed by atoms with Crippen LogP contribution in [0.1, 0.15) is 40.0 Å². The van der Waals surface area contributed by atoms with E-state index in [4.69, 9.17) is 4.74 Å². The summed E-state index contributed by atoms with van der Waals surface area (Å²) in [6, 6.07) is 7.32. The fraction of sp³-hybridized carbons (Fsp3) is 0.636. The second-order valence-electron chi connectivity index (χ2n) is 8.97. The van der Waals surface area contributed by atoms with Gasteiger partial charge in [0, 0.05) is 45.7 Å². The first kappa shape index (κ1) is 21.3. The highest BCUT2D eigenvalue weighted by Gasteiger charge is 2.29. The minimum absolute atomic E-state index is 0.192. The second kappa shape index (κ2) is 8.93. The van der Waals surface area contributed by atoms with Crippen molar-refractivity contribution in [2.45, 2.75) is 45.6 Å². The van der Waals surface area contributed by atoms with Crippen molar-refractivity contribution in [2.24, 2.45) is 5.92 Å². The van der Waals surface area contributed by atoms with Gasteiger partial charge in [-0.05, 0) is 51.7 Å². The molecule has 0 aromatic heterocycles. The highest BCUT2D eigenvalue weighted by atomic mass is 16.6. The quantitative estimate of drug-likeness (QED) is 0.840. The van der Waals surface area contributed by atoms with Gasteiger partial charge in [-0.15, -0.1) is 0 Å². The Hall–Kier alpha value is -2.44. The standard InChI is InChI=1S/C22H33N3O4/c1-22(2,3)29-21(28)25-10-8-17(9-11-25)16-20(27)24-14-12-23(13-15-24)18-6-4-5-7-19(18)26/h4-7,17,26H,8-16H2,1-3H3. The van der Waals surface area contributed by atoms with Crippen molar-refractivity contribution in [2.75, 3.05) is 44.2 Å². The zero-order valence-electron chi connectivity index (χ0n) is 17.8. The lowest BCUT2D eigenvalue weighted by atomic mass is 9.93. The molecule has 7 heteroatoms. The minimum atomic E-state index is -0.484. The maximum atomic E-state index is 12.7. The van der Waals surface area contributed by atoms with E-state index in [0.29, 0.717) is 38.5 Å². The van der Waals surface area contributed by atoms with Crippen LogP contribution in [0.4, 0.5) is 10.5 Å². The number of anilines is 1. The van der Waals surface area contributed by atoms with Crippen LogP contribution in [0, 0.1) is 5.92 Å². The topological polar surface area (TPSA) is 73.3 Å². The number of ether oxygens (including phenoxy) is 1. The number of nitrogens with zero attached hydrogens (tertiary/aromatic N) is 3. The number of phenolic OH excluding ortho intramolecular Hbond substituents is 1. The van der Waals surface area contributed by atoms with Crippen LogP contribution < -0.4 is 4.90 Å². The molecule has 2 amide bonds. The van der Waals surface area contributed by atoms with Crippen LogP contribution in [0.2, 0.25) is 0 Å². The number of amides is 2. The van der Waals surface area contributed by atoms with Gasteiger partial charge in [-0.25, -0.2) is 4.79 Å².